The molecule has 4 heteroatoms. The van der Waals surface area contributed by atoms with Gasteiger partial charge in [0.2, 0.25) is 0 Å². The van der Waals surface area contributed by atoms with Gasteiger partial charge < -0.3 is 14.6 Å². The van der Waals surface area contributed by atoms with Crippen molar-refractivity contribution in [1.29, 1.82) is 0 Å². The highest BCUT2D eigenvalue weighted by atomic mass is 16.7. The lowest BCUT2D eigenvalue weighted by molar-refractivity contribution is -0.148. The molecule has 1 aliphatic rings. The number of hydrogen-bond acceptors (Lipinski definition) is 4. The number of aliphatic hydroxyl groups is 1. The van der Waals surface area contributed by atoms with Crippen molar-refractivity contribution in [3.8, 4) is 0 Å². The molecule has 0 aromatic carbocycles. The third kappa shape index (κ3) is 3.20. The van der Waals surface area contributed by atoms with Gasteiger partial charge in [-0.25, -0.2) is 0 Å². The van der Waals surface area contributed by atoms with Crippen LogP contribution < -0.4 is 0 Å². The van der Waals surface area contributed by atoms with Crippen LogP contribution in [0.5, 0.6) is 0 Å². The van der Waals surface area contributed by atoms with Gasteiger partial charge in [-0.3, -0.25) is 4.90 Å². The van der Waals surface area contributed by atoms with Gasteiger partial charge in [-0.2, -0.15) is 0 Å². The van der Waals surface area contributed by atoms with Crippen LogP contribution in [0.2, 0.25) is 0 Å². The maximum absolute atomic E-state index is 9.19. The molecule has 1 rings (SSSR count). The van der Waals surface area contributed by atoms with Crippen LogP contribution in [-0.4, -0.2) is 55.2 Å². The first kappa shape index (κ1) is 11.9. The van der Waals surface area contributed by atoms with E-state index in [4.69, 9.17) is 9.47 Å². The third-order valence-corrected chi connectivity index (χ3v) is 2.87. The summed E-state index contributed by atoms with van der Waals surface area (Å²) >= 11 is 0. The van der Waals surface area contributed by atoms with Gasteiger partial charge in [0.15, 0.2) is 0 Å². The van der Waals surface area contributed by atoms with Crippen LogP contribution >= 0.6 is 0 Å². The molecule has 0 radical (unpaired) electrons. The average molecular weight is 203 g/mol. The molecule has 1 heterocycles. The average Bonchev–Trinajstić information content (AvgIpc) is 2.19. The van der Waals surface area contributed by atoms with Crippen LogP contribution in [0.4, 0.5) is 0 Å². The second-order valence-electron chi connectivity index (χ2n) is 4.45. The highest BCUT2D eigenvalue weighted by Crippen LogP contribution is 2.15. The maximum atomic E-state index is 9.19. The molecular weight excluding hydrogens is 182 g/mol. The fourth-order valence-corrected chi connectivity index (χ4v) is 1.32. The Morgan fingerprint density at radius 1 is 1.50 bits per heavy atom. The van der Waals surface area contributed by atoms with E-state index in [9.17, 15) is 5.11 Å². The van der Waals surface area contributed by atoms with Crippen LogP contribution in [0.3, 0.4) is 0 Å². The Balaban J connectivity index is 2.34. The summed E-state index contributed by atoms with van der Waals surface area (Å²) in [5, 5.41) is 9.19. The standard InChI is InChI=1S/C10H21NO3/c1-10(2,7-12)11(3)6-9-4-5-13-8-14-9/h9,12H,4-8H2,1-3H3. The number of likely N-dealkylation sites (N-methyl/N-ethyl adjacent to an activating group) is 1. The van der Waals surface area contributed by atoms with E-state index in [1.165, 1.54) is 0 Å². The van der Waals surface area contributed by atoms with Crippen LogP contribution in [0.15, 0.2) is 0 Å². The van der Waals surface area contributed by atoms with Crippen molar-refractivity contribution in [2.75, 3.05) is 33.6 Å². The largest absolute Gasteiger partial charge is 0.394 e. The fourth-order valence-electron chi connectivity index (χ4n) is 1.32. The maximum Gasteiger partial charge on any atom is 0.147 e. The minimum absolute atomic E-state index is 0.159. The van der Waals surface area contributed by atoms with Gasteiger partial charge in [0, 0.05) is 12.1 Å². The summed E-state index contributed by atoms with van der Waals surface area (Å²) in [6.07, 6.45) is 1.17. The molecule has 1 atom stereocenters. The second-order valence-corrected chi connectivity index (χ2v) is 4.45. The molecule has 1 aliphatic heterocycles. The first-order valence-corrected chi connectivity index (χ1v) is 5.08. The van der Waals surface area contributed by atoms with Gasteiger partial charge in [-0.05, 0) is 27.3 Å². The molecular formula is C10H21NO3. The Hall–Kier alpha value is -0.160. The Morgan fingerprint density at radius 2 is 2.21 bits per heavy atom. The molecule has 84 valence electrons. The monoisotopic (exact) mass is 203 g/mol. The number of hydrogen-bond donors (Lipinski definition) is 1. The molecule has 1 fully saturated rings. The summed E-state index contributed by atoms with van der Waals surface area (Å²) in [6.45, 7) is 6.22. The molecule has 0 aliphatic carbocycles. The van der Waals surface area contributed by atoms with Gasteiger partial charge in [0.05, 0.1) is 19.3 Å². The molecule has 0 saturated carbocycles. The lowest BCUT2D eigenvalue weighted by Gasteiger charge is -2.37. The molecule has 0 spiro atoms. The van der Waals surface area contributed by atoms with Crippen LogP contribution in [0.25, 0.3) is 0 Å². The highest BCUT2D eigenvalue weighted by molar-refractivity contribution is 4.80. The summed E-state index contributed by atoms with van der Waals surface area (Å²) < 4.78 is 10.5. The van der Waals surface area contributed by atoms with Crippen molar-refractivity contribution >= 4 is 0 Å². The topological polar surface area (TPSA) is 41.9 Å². The van der Waals surface area contributed by atoms with Gasteiger partial charge >= 0.3 is 0 Å². The number of ether oxygens (including phenoxy) is 2. The minimum Gasteiger partial charge on any atom is -0.394 e. The number of aliphatic hydroxyl groups excluding tert-OH is 1. The fraction of sp³-hybridized carbons (Fsp3) is 1.00. The highest BCUT2D eigenvalue weighted by Gasteiger charge is 2.26. The summed E-state index contributed by atoms with van der Waals surface area (Å²) in [4.78, 5) is 2.13. The molecule has 0 bridgehead atoms. The molecule has 1 unspecified atom stereocenters. The SMILES string of the molecule is CN(CC1CCOCO1)C(C)(C)CO. The van der Waals surface area contributed by atoms with Gasteiger partial charge in [-0.1, -0.05) is 0 Å². The van der Waals surface area contributed by atoms with E-state index in [-0.39, 0.29) is 18.2 Å². The van der Waals surface area contributed by atoms with E-state index in [1.807, 2.05) is 20.9 Å². The van der Waals surface area contributed by atoms with E-state index >= 15 is 0 Å². The predicted octanol–water partition coefficient (Wildman–Crippen LogP) is 0.452. The molecule has 0 aromatic heterocycles. The predicted molar refractivity (Wildman–Crippen MR) is 54.1 cm³/mol. The van der Waals surface area contributed by atoms with Crippen molar-refractivity contribution < 1.29 is 14.6 Å². The van der Waals surface area contributed by atoms with Gasteiger partial charge in [-0.15, -0.1) is 0 Å². The molecule has 0 aromatic rings. The molecule has 14 heavy (non-hydrogen) atoms. The van der Waals surface area contributed by atoms with E-state index in [0.29, 0.717) is 6.79 Å². The summed E-state index contributed by atoms with van der Waals surface area (Å²) in [5.41, 5.74) is -0.179. The first-order chi connectivity index (χ1) is 6.56. The van der Waals surface area contributed by atoms with E-state index in [0.717, 1.165) is 19.6 Å². The molecule has 4 nitrogen and oxygen atoms in total. The number of rotatable bonds is 4. The third-order valence-electron chi connectivity index (χ3n) is 2.87. The van der Waals surface area contributed by atoms with Crippen LogP contribution in [-0.2, 0) is 9.47 Å². The zero-order chi connectivity index (χ0) is 10.6. The van der Waals surface area contributed by atoms with Crippen molar-refractivity contribution in [2.45, 2.75) is 31.9 Å². The Kier molecular flexibility index (Phi) is 4.31. The summed E-state index contributed by atoms with van der Waals surface area (Å²) in [6, 6.07) is 0. The molecule has 1 N–H and O–H groups in total. The van der Waals surface area contributed by atoms with E-state index in [1.54, 1.807) is 0 Å². The first-order valence-electron chi connectivity index (χ1n) is 5.08. The lowest BCUT2D eigenvalue weighted by atomic mass is 10.0. The Morgan fingerprint density at radius 3 is 2.71 bits per heavy atom. The quantitative estimate of drug-likeness (QED) is 0.720. The normalized spacial score (nSPS) is 24.2. The van der Waals surface area contributed by atoms with Gasteiger partial charge in [0.25, 0.3) is 0 Å². The Bertz CT molecular complexity index is 167. The van der Waals surface area contributed by atoms with Crippen molar-refractivity contribution in [2.24, 2.45) is 0 Å². The van der Waals surface area contributed by atoms with E-state index < -0.39 is 0 Å². The Labute approximate surface area is 85.8 Å². The van der Waals surface area contributed by atoms with E-state index in [2.05, 4.69) is 4.90 Å². The summed E-state index contributed by atoms with van der Waals surface area (Å²) in [5.74, 6) is 0. The smallest absolute Gasteiger partial charge is 0.147 e. The van der Waals surface area contributed by atoms with Crippen molar-refractivity contribution in [1.82, 2.24) is 4.90 Å². The van der Waals surface area contributed by atoms with Crippen molar-refractivity contribution in [3.05, 3.63) is 0 Å². The van der Waals surface area contributed by atoms with Crippen LogP contribution in [0.1, 0.15) is 20.3 Å². The molecule has 1 saturated heterocycles. The number of nitrogens with zero attached hydrogens (tertiary/aromatic N) is 1. The summed E-state index contributed by atoms with van der Waals surface area (Å²) in [7, 11) is 2.01. The van der Waals surface area contributed by atoms with Gasteiger partial charge in [0.1, 0.15) is 6.79 Å². The minimum atomic E-state index is -0.179. The van der Waals surface area contributed by atoms with Crippen molar-refractivity contribution in [3.63, 3.8) is 0 Å². The lowest BCUT2D eigenvalue weighted by Crippen LogP contribution is -2.48. The van der Waals surface area contributed by atoms with Crippen LogP contribution in [0, 0.1) is 0 Å². The molecule has 0 amide bonds. The zero-order valence-corrected chi connectivity index (χ0v) is 9.32. The zero-order valence-electron chi connectivity index (χ0n) is 9.32. The second kappa shape index (κ2) is 5.07.